The number of hydrogen-bond acceptors (Lipinski definition) is 3. The normalized spacial score (nSPS) is 21.6. The van der Waals surface area contributed by atoms with Crippen LogP contribution in [0.4, 0.5) is 13.2 Å². The van der Waals surface area contributed by atoms with Crippen LogP contribution in [0.25, 0.3) is 5.65 Å². The van der Waals surface area contributed by atoms with Gasteiger partial charge in [0.15, 0.2) is 5.65 Å². The monoisotopic (exact) mass is 394 g/mol. The van der Waals surface area contributed by atoms with Crippen LogP contribution in [-0.2, 0) is 17.4 Å². The van der Waals surface area contributed by atoms with Crippen molar-refractivity contribution in [2.24, 2.45) is 5.92 Å². The van der Waals surface area contributed by atoms with Crippen LogP contribution in [0.3, 0.4) is 0 Å². The highest BCUT2D eigenvalue weighted by Gasteiger charge is 2.37. The first-order valence-corrected chi connectivity index (χ1v) is 10.2. The molecule has 152 valence electrons. The zero-order valence-electron chi connectivity index (χ0n) is 16.0. The molecule has 2 aromatic rings. The number of carbonyl (C=O) groups is 1. The van der Waals surface area contributed by atoms with Crippen molar-refractivity contribution < 1.29 is 18.0 Å². The molecule has 2 fully saturated rings. The number of halogens is 3. The fourth-order valence-electron chi connectivity index (χ4n) is 4.50. The Balaban J connectivity index is 1.73. The second-order valence-electron chi connectivity index (χ2n) is 7.85. The van der Waals surface area contributed by atoms with Gasteiger partial charge in [-0.2, -0.15) is 18.3 Å². The molecule has 1 atom stereocenters. The third-order valence-corrected chi connectivity index (χ3v) is 5.98. The van der Waals surface area contributed by atoms with Gasteiger partial charge in [0.2, 0.25) is 5.91 Å². The summed E-state index contributed by atoms with van der Waals surface area (Å²) >= 11 is 0. The van der Waals surface area contributed by atoms with Gasteiger partial charge in [0, 0.05) is 24.2 Å². The summed E-state index contributed by atoms with van der Waals surface area (Å²) in [5.74, 6) is 0.186. The minimum absolute atomic E-state index is 0.0492. The van der Waals surface area contributed by atoms with E-state index in [0.717, 1.165) is 55.5 Å². The number of piperidine rings is 1. The lowest BCUT2D eigenvalue weighted by molar-refractivity contribution is -0.143. The van der Waals surface area contributed by atoms with Crippen molar-refractivity contribution in [3.05, 3.63) is 29.2 Å². The Labute approximate surface area is 161 Å². The smallest absolute Gasteiger partial charge is 0.334 e. The molecule has 3 heterocycles. The maximum Gasteiger partial charge on any atom is 0.433 e. The van der Waals surface area contributed by atoms with Crippen LogP contribution in [-0.4, -0.2) is 31.9 Å². The first-order chi connectivity index (χ1) is 13.4. The van der Waals surface area contributed by atoms with Crippen LogP contribution < -0.4 is 0 Å². The molecule has 0 aromatic carbocycles. The van der Waals surface area contributed by atoms with Crippen LogP contribution in [0.15, 0.2) is 12.1 Å². The van der Waals surface area contributed by atoms with E-state index in [1.54, 1.807) is 13.0 Å². The number of amides is 1. The van der Waals surface area contributed by atoms with E-state index in [0.29, 0.717) is 24.4 Å². The maximum absolute atomic E-state index is 13.5. The van der Waals surface area contributed by atoms with Gasteiger partial charge in [0.1, 0.15) is 5.69 Å². The van der Waals surface area contributed by atoms with E-state index in [1.807, 2.05) is 4.90 Å². The van der Waals surface area contributed by atoms with E-state index >= 15 is 0 Å². The predicted molar refractivity (Wildman–Crippen MR) is 97.6 cm³/mol. The Morgan fingerprint density at radius 3 is 2.54 bits per heavy atom. The van der Waals surface area contributed by atoms with Crippen molar-refractivity contribution in [2.45, 2.75) is 70.5 Å². The maximum atomic E-state index is 13.5. The minimum atomic E-state index is -4.51. The molecule has 8 heteroatoms. The molecule has 1 saturated carbocycles. The number of aromatic nitrogens is 3. The Morgan fingerprint density at radius 2 is 1.86 bits per heavy atom. The third-order valence-electron chi connectivity index (χ3n) is 5.98. The van der Waals surface area contributed by atoms with Crippen LogP contribution in [0.2, 0.25) is 0 Å². The molecule has 1 aliphatic heterocycles. The molecule has 28 heavy (non-hydrogen) atoms. The highest BCUT2D eigenvalue weighted by atomic mass is 19.4. The van der Waals surface area contributed by atoms with E-state index in [2.05, 4.69) is 10.1 Å². The Kier molecular flexibility index (Phi) is 5.05. The quantitative estimate of drug-likeness (QED) is 0.767. The zero-order chi connectivity index (χ0) is 19.9. The molecule has 2 aromatic heterocycles. The molecule has 0 N–H and O–H groups in total. The summed E-state index contributed by atoms with van der Waals surface area (Å²) in [4.78, 5) is 19.2. The summed E-state index contributed by atoms with van der Waals surface area (Å²) in [6.45, 7) is 2.42. The Bertz CT molecular complexity index is 870. The Morgan fingerprint density at radius 1 is 1.14 bits per heavy atom. The standard InChI is InChI=1S/C20H25F3N4O/c1-2-14-11-17(20(21,22)23)27-18(24-14)12-15(25-27)16-9-5-6-10-26(16)19(28)13-7-3-4-8-13/h11-13,16H,2-10H2,1H3/t16-/m1/s1. The summed E-state index contributed by atoms with van der Waals surface area (Å²) in [6.07, 6.45) is 2.45. The summed E-state index contributed by atoms with van der Waals surface area (Å²) in [5, 5.41) is 4.28. The minimum Gasteiger partial charge on any atom is -0.334 e. The van der Waals surface area contributed by atoms with E-state index in [-0.39, 0.29) is 23.5 Å². The number of fused-ring (bicyclic) bond motifs is 1. The summed E-state index contributed by atoms with van der Waals surface area (Å²) in [7, 11) is 0. The highest BCUT2D eigenvalue weighted by Crippen LogP contribution is 2.36. The molecule has 1 aliphatic carbocycles. The molecular formula is C20H25F3N4O. The predicted octanol–water partition coefficient (Wildman–Crippen LogP) is 4.55. The number of nitrogens with zero attached hydrogens (tertiary/aromatic N) is 4. The lowest BCUT2D eigenvalue weighted by atomic mass is 9.96. The lowest BCUT2D eigenvalue weighted by Gasteiger charge is -2.36. The van der Waals surface area contributed by atoms with Crippen molar-refractivity contribution in [1.82, 2.24) is 19.5 Å². The first-order valence-electron chi connectivity index (χ1n) is 10.2. The van der Waals surface area contributed by atoms with Gasteiger partial charge in [0.05, 0.1) is 11.7 Å². The van der Waals surface area contributed by atoms with Gasteiger partial charge in [0.25, 0.3) is 0 Å². The van der Waals surface area contributed by atoms with Crippen molar-refractivity contribution >= 4 is 11.6 Å². The number of hydrogen-bond donors (Lipinski definition) is 0. The molecular weight excluding hydrogens is 369 g/mol. The van der Waals surface area contributed by atoms with Gasteiger partial charge in [-0.25, -0.2) is 9.50 Å². The van der Waals surface area contributed by atoms with Crippen molar-refractivity contribution in [1.29, 1.82) is 0 Å². The average molecular weight is 394 g/mol. The van der Waals surface area contributed by atoms with Gasteiger partial charge in [-0.15, -0.1) is 0 Å². The summed E-state index contributed by atoms with van der Waals surface area (Å²) in [6, 6.07) is 2.42. The third kappa shape index (κ3) is 3.49. The van der Waals surface area contributed by atoms with Crippen molar-refractivity contribution in [3.63, 3.8) is 0 Å². The fraction of sp³-hybridized carbons (Fsp3) is 0.650. The molecule has 0 bridgehead atoms. The molecule has 0 radical (unpaired) electrons. The SMILES string of the molecule is CCc1cc(C(F)(F)F)n2nc([C@H]3CCCCN3C(=O)C3CCCC3)cc2n1. The zero-order valence-corrected chi connectivity index (χ0v) is 16.0. The van der Waals surface area contributed by atoms with Crippen LogP contribution in [0, 0.1) is 5.92 Å². The average Bonchev–Trinajstić information content (AvgIpc) is 3.35. The molecule has 0 spiro atoms. The van der Waals surface area contributed by atoms with Crippen molar-refractivity contribution in [2.75, 3.05) is 6.54 Å². The van der Waals surface area contributed by atoms with E-state index in [9.17, 15) is 18.0 Å². The van der Waals surface area contributed by atoms with Crippen LogP contribution in [0.5, 0.6) is 0 Å². The first kappa shape index (κ1) is 19.2. The van der Waals surface area contributed by atoms with Gasteiger partial charge in [-0.3, -0.25) is 4.79 Å². The topological polar surface area (TPSA) is 50.5 Å². The molecule has 2 aliphatic rings. The molecule has 0 unspecified atom stereocenters. The number of carbonyl (C=O) groups excluding carboxylic acids is 1. The largest absolute Gasteiger partial charge is 0.433 e. The number of aryl methyl sites for hydroxylation is 1. The number of rotatable bonds is 3. The summed E-state index contributed by atoms with van der Waals surface area (Å²) in [5.41, 5.74) is 0.275. The Hall–Kier alpha value is -2.12. The van der Waals surface area contributed by atoms with E-state index < -0.39 is 11.9 Å². The highest BCUT2D eigenvalue weighted by molar-refractivity contribution is 5.79. The second kappa shape index (κ2) is 7.37. The lowest BCUT2D eigenvalue weighted by Crippen LogP contribution is -2.41. The molecule has 5 nitrogen and oxygen atoms in total. The molecule has 1 saturated heterocycles. The van der Waals surface area contributed by atoms with E-state index in [1.165, 1.54) is 0 Å². The van der Waals surface area contributed by atoms with E-state index in [4.69, 9.17) is 0 Å². The van der Waals surface area contributed by atoms with Crippen LogP contribution in [0.1, 0.15) is 75.0 Å². The van der Waals surface area contributed by atoms with Gasteiger partial charge >= 0.3 is 6.18 Å². The molecule has 1 amide bonds. The van der Waals surface area contributed by atoms with Crippen molar-refractivity contribution in [3.8, 4) is 0 Å². The van der Waals surface area contributed by atoms with Gasteiger partial charge in [-0.05, 0) is 44.6 Å². The fourth-order valence-corrected chi connectivity index (χ4v) is 4.50. The summed E-state index contributed by atoms with van der Waals surface area (Å²) < 4.78 is 41.5. The van der Waals surface area contributed by atoms with Crippen LogP contribution >= 0.6 is 0 Å². The van der Waals surface area contributed by atoms with Gasteiger partial charge in [-0.1, -0.05) is 19.8 Å². The number of alkyl halides is 3. The number of likely N-dealkylation sites (tertiary alicyclic amines) is 1. The second-order valence-corrected chi connectivity index (χ2v) is 7.85. The van der Waals surface area contributed by atoms with Gasteiger partial charge < -0.3 is 4.90 Å². The molecule has 4 rings (SSSR count).